The van der Waals surface area contributed by atoms with E-state index in [4.69, 9.17) is 4.74 Å². The molecule has 0 saturated heterocycles. The maximum Gasteiger partial charge on any atom is 0.271 e. The second kappa shape index (κ2) is 9.53. The zero-order valence-corrected chi connectivity index (χ0v) is 13.3. The van der Waals surface area contributed by atoms with Crippen molar-refractivity contribution in [3.63, 3.8) is 0 Å². The van der Waals surface area contributed by atoms with Crippen LogP contribution in [0.3, 0.4) is 0 Å². The van der Waals surface area contributed by atoms with E-state index in [-0.39, 0.29) is 5.91 Å². The number of anilines is 1. The summed E-state index contributed by atoms with van der Waals surface area (Å²) >= 11 is 0. The molecule has 0 aliphatic heterocycles. The zero-order valence-electron chi connectivity index (χ0n) is 13.3. The SMILES string of the molecule is COCCCNC(=O)c1cnc(NCCc2ccccc2)cn1. The van der Waals surface area contributed by atoms with Crippen molar-refractivity contribution in [2.75, 3.05) is 32.1 Å². The van der Waals surface area contributed by atoms with Gasteiger partial charge in [-0.05, 0) is 18.4 Å². The van der Waals surface area contributed by atoms with Gasteiger partial charge in [-0.25, -0.2) is 9.97 Å². The smallest absolute Gasteiger partial charge is 0.271 e. The van der Waals surface area contributed by atoms with E-state index in [9.17, 15) is 4.79 Å². The molecule has 0 atom stereocenters. The molecular formula is C17H22N4O2. The summed E-state index contributed by atoms with van der Waals surface area (Å²) in [7, 11) is 1.64. The van der Waals surface area contributed by atoms with Crippen LogP contribution in [-0.4, -0.2) is 42.7 Å². The number of benzene rings is 1. The molecular weight excluding hydrogens is 292 g/mol. The van der Waals surface area contributed by atoms with Gasteiger partial charge < -0.3 is 15.4 Å². The van der Waals surface area contributed by atoms with Crippen LogP contribution in [0.4, 0.5) is 5.82 Å². The van der Waals surface area contributed by atoms with Gasteiger partial charge in [-0.1, -0.05) is 30.3 Å². The quantitative estimate of drug-likeness (QED) is 0.691. The standard InChI is InChI=1S/C17H22N4O2/c1-23-11-5-9-19-17(22)15-12-21-16(13-20-15)18-10-8-14-6-3-2-4-7-14/h2-4,6-7,12-13H,5,8-11H2,1H3,(H,18,21)(H,19,22). The van der Waals surface area contributed by atoms with Crippen molar-refractivity contribution >= 4 is 11.7 Å². The van der Waals surface area contributed by atoms with E-state index in [2.05, 4.69) is 32.7 Å². The molecule has 0 spiro atoms. The number of ether oxygens (including phenoxy) is 1. The molecule has 6 heteroatoms. The number of aromatic nitrogens is 2. The third-order valence-corrected chi connectivity index (χ3v) is 3.26. The molecule has 2 rings (SSSR count). The maximum absolute atomic E-state index is 11.8. The van der Waals surface area contributed by atoms with Crippen LogP contribution < -0.4 is 10.6 Å². The Morgan fingerprint density at radius 1 is 1.13 bits per heavy atom. The van der Waals surface area contributed by atoms with Crippen LogP contribution in [0.2, 0.25) is 0 Å². The van der Waals surface area contributed by atoms with Crippen molar-refractivity contribution in [3.05, 3.63) is 54.0 Å². The van der Waals surface area contributed by atoms with E-state index in [0.717, 1.165) is 19.4 Å². The van der Waals surface area contributed by atoms with Crippen molar-refractivity contribution in [2.24, 2.45) is 0 Å². The summed E-state index contributed by atoms with van der Waals surface area (Å²) in [6.07, 6.45) is 4.74. The van der Waals surface area contributed by atoms with E-state index >= 15 is 0 Å². The fraction of sp³-hybridized carbons (Fsp3) is 0.353. The van der Waals surface area contributed by atoms with Gasteiger partial charge in [0.25, 0.3) is 5.91 Å². The Bertz CT molecular complexity index is 587. The van der Waals surface area contributed by atoms with Gasteiger partial charge in [0.05, 0.1) is 12.4 Å². The van der Waals surface area contributed by atoms with Crippen LogP contribution in [0.1, 0.15) is 22.5 Å². The van der Waals surface area contributed by atoms with Crippen LogP contribution in [0.15, 0.2) is 42.7 Å². The van der Waals surface area contributed by atoms with Gasteiger partial charge in [-0.2, -0.15) is 0 Å². The van der Waals surface area contributed by atoms with Crippen LogP contribution in [-0.2, 0) is 11.2 Å². The molecule has 1 heterocycles. The second-order valence-corrected chi connectivity index (χ2v) is 5.05. The van der Waals surface area contributed by atoms with Crippen molar-refractivity contribution in [1.29, 1.82) is 0 Å². The lowest BCUT2D eigenvalue weighted by Gasteiger charge is -2.07. The van der Waals surface area contributed by atoms with E-state index < -0.39 is 0 Å². The van der Waals surface area contributed by atoms with Gasteiger partial charge in [0.1, 0.15) is 11.5 Å². The van der Waals surface area contributed by atoms with Crippen LogP contribution in [0, 0.1) is 0 Å². The highest BCUT2D eigenvalue weighted by Crippen LogP contribution is 2.03. The molecule has 0 unspecified atom stereocenters. The zero-order chi connectivity index (χ0) is 16.3. The maximum atomic E-state index is 11.8. The van der Waals surface area contributed by atoms with Crippen LogP contribution in [0.5, 0.6) is 0 Å². The van der Waals surface area contributed by atoms with Crippen LogP contribution >= 0.6 is 0 Å². The van der Waals surface area contributed by atoms with E-state index in [0.29, 0.717) is 24.7 Å². The number of methoxy groups -OCH3 is 1. The van der Waals surface area contributed by atoms with Crippen molar-refractivity contribution in [1.82, 2.24) is 15.3 Å². The lowest BCUT2D eigenvalue weighted by Crippen LogP contribution is -2.26. The molecule has 0 aliphatic carbocycles. The Morgan fingerprint density at radius 2 is 1.96 bits per heavy atom. The highest BCUT2D eigenvalue weighted by atomic mass is 16.5. The third-order valence-electron chi connectivity index (χ3n) is 3.26. The molecule has 6 nitrogen and oxygen atoms in total. The summed E-state index contributed by atoms with van der Waals surface area (Å²) in [4.78, 5) is 20.2. The van der Waals surface area contributed by atoms with E-state index in [1.807, 2.05) is 18.2 Å². The average Bonchev–Trinajstić information content (AvgIpc) is 2.60. The fourth-order valence-electron chi connectivity index (χ4n) is 2.03. The van der Waals surface area contributed by atoms with Gasteiger partial charge in [-0.15, -0.1) is 0 Å². The van der Waals surface area contributed by atoms with Gasteiger partial charge in [0.2, 0.25) is 0 Å². The molecule has 2 N–H and O–H groups in total. The molecule has 0 saturated carbocycles. The number of hydrogen-bond donors (Lipinski definition) is 2. The summed E-state index contributed by atoms with van der Waals surface area (Å²) in [5, 5.41) is 5.97. The molecule has 122 valence electrons. The largest absolute Gasteiger partial charge is 0.385 e. The van der Waals surface area contributed by atoms with Crippen molar-refractivity contribution in [3.8, 4) is 0 Å². The monoisotopic (exact) mass is 314 g/mol. The number of rotatable bonds is 9. The summed E-state index contributed by atoms with van der Waals surface area (Å²) in [6.45, 7) is 1.95. The van der Waals surface area contributed by atoms with Gasteiger partial charge >= 0.3 is 0 Å². The first kappa shape index (κ1) is 16.9. The Kier molecular flexibility index (Phi) is 7.00. The number of hydrogen-bond acceptors (Lipinski definition) is 5. The normalized spacial score (nSPS) is 10.3. The number of amides is 1. The predicted molar refractivity (Wildman–Crippen MR) is 89.5 cm³/mol. The van der Waals surface area contributed by atoms with Gasteiger partial charge in [0, 0.05) is 26.8 Å². The highest BCUT2D eigenvalue weighted by Gasteiger charge is 2.07. The molecule has 1 amide bonds. The fourth-order valence-corrected chi connectivity index (χ4v) is 2.03. The topological polar surface area (TPSA) is 76.1 Å². The van der Waals surface area contributed by atoms with Gasteiger partial charge in [0.15, 0.2) is 0 Å². The van der Waals surface area contributed by atoms with E-state index in [1.165, 1.54) is 11.8 Å². The Morgan fingerprint density at radius 3 is 2.65 bits per heavy atom. The Labute approximate surface area is 136 Å². The molecule has 23 heavy (non-hydrogen) atoms. The number of carbonyl (C=O) groups is 1. The highest BCUT2D eigenvalue weighted by molar-refractivity contribution is 5.91. The molecule has 0 aliphatic rings. The first-order valence-corrected chi connectivity index (χ1v) is 7.66. The van der Waals surface area contributed by atoms with E-state index in [1.54, 1.807) is 13.3 Å². The summed E-state index contributed by atoms with van der Waals surface area (Å²) in [5.41, 5.74) is 1.58. The van der Waals surface area contributed by atoms with Crippen LogP contribution in [0.25, 0.3) is 0 Å². The first-order chi connectivity index (χ1) is 11.3. The Balaban J connectivity index is 1.74. The third kappa shape index (κ3) is 6.04. The Hall–Kier alpha value is -2.47. The molecule has 0 bridgehead atoms. The number of carbonyl (C=O) groups excluding carboxylic acids is 1. The minimum Gasteiger partial charge on any atom is -0.385 e. The molecule has 2 aromatic rings. The summed E-state index contributed by atoms with van der Waals surface area (Å²) in [5.74, 6) is 0.446. The van der Waals surface area contributed by atoms with Crippen molar-refractivity contribution in [2.45, 2.75) is 12.8 Å². The minimum atomic E-state index is -0.218. The lowest BCUT2D eigenvalue weighted by atomic mass is 10.1. The number of nitrogens with zero attached hydrogens (tertiary/aromatic N) is 2. The molecule has 1 aromatic heterocycles. The summed E-state index contributed by atoms with van der Waals surface area (Å²) < 4.78 is 4.93. The number of nitrogens with one attached hydrogen (secondary N) is 2. The van der Waals surface area contributed by atoms with Crippen molar-refractivity contribution < 1.29 is 9.53 Å². The summed E-state index contributed by atoms with van der Waals surface area (Å²) in [6, 6.07) is 10.2. The molecule has 0 fully saturated rings. The molecule has 1 aromatic carbocycles. The first-order valence-electron chi connectivity index (χ1n) is 7.66. The predicted octanol–water partition coefficient (Wildman–Crippen LogP) is 1.90. The second-order valence-electron chi connectivity index (χ2n) is 5.05. The minimum absolute atomic E-state index is 0.218. The molecule has 0 radical (unpaired) electrons. The lowest BCUT2D eigenvalue weighted by molar-refractivity contribution is 0.0943. The van der Waals surface area contributed by atoms with Gasteiger partial charge in [-0.3, -0.25) is 4.79 Å². The average molecular weight is 314 g/mol.